The molecule has 3 rings (SSSR count). The number of carboxylic acid groups (broad SMARTS) is 1. The zero-order valence-electron chi connectivity index (χ0n) is 19.5. The van der Waals surface area contributed by atoms with Gasteiger partial charge in [0, 0.05) is 18.4 Å². The number of allylic oxidation sites excluding steroid dienone is 1. The van der Waals surface area contributed by atoms with Crippen LogP contribution in [0.1, 0.15) is 31.2 Å². The molecule has 0 aliphatic carbocycles. The topological polar surface area (TPSA) is 84.9 Å². The first kappa shape index (κ1) is 24.8. The van der Waals surface area contributed by atoms with E-state index in [-0.39, 0.29) is 18.9 Å². The average molecular weight is 462 g/mol. The first-order valence-corrected chi connectivity index (χ1v) is 11.5. The van der Waals surface area contributed by atoms with Gasteiger partial charge in [0.05, 0.1) is 12.7 Å². The summed E-state index contributed by atoms with van der Waals surface area (Å²) in [6.45, 7) is 0.636. The van der Waals surface area contributed by atoms with E-state index in [0.717, 1.165) is 27.8 Å². The lowest BCUT2D eigenvalue weighted by atomic mass is 10.1. The SMILES string of the molecule is COc1ccc(CCNC(=O)C(=CCCCCC(=O)O)COc2cccc3ccccc23)cc1. The minimum atomic E-state index is -0.806. The second kappa shape index (κ2) is 13.0. The van der Waals surface area contributed by atoms with Gasteiger partial charge in [-0.1, -0.05) is 54.6 Å². The van der Waals surface area contributed by atoms with E-state index < -0.39 is 5.97 Å². The number of aliphatic carboxylic acids is 1. The fraction of sp³-hybridized carbons (Fsp3) is 0.286. The van der Waals surface area contributed by atoms with Gasteiger partial charge in [0.15, 0.2) is 0 Å². The number of hydrogen-bond acceptors (Lipinski definition) is 4. The van der Waals surface area contributed by atoms with E-state index in [9.17, 15) is 9.59 Å². The number of fused-ring (bicyclic) bond motifs is 1. The molecule has 0 unspecified atom stereocenters. The molecule has 0 atom stereocenters. The molecule has 0 spiro atoms. The van der Waals surface area contributed by atoms with Crippen molar-refractivity contribution in [2.45, 2.75) is 32.1 Å². The molecule has 0 saturated carbocycles. The second-order valence-electron chi connectivity index (χ2n) is 7.99. The maximum absolute atomic E-state index is 12.9. The van der Waals surface area contributed by atoms with Crippen LogP contribution in [0, 0.1) is 0 Å². The van der Waals surface area contributed by atoms with Gasteiger partial charge in [-0.05, 0) is 54.8 Å². The summed E-state index contributed by atoms with van der Waals surface area (Å²) in [5.74, 6) is 0.541. The number of ether oxygens (including phenoxy) is 2. The van der Waals surface area contributed by atoms with Crippen molar-refractivity contribution in [3.05, 3.63) is 83.9 Å². The number of nitrogens with one attached hydrogen (secondary N) is 1. The van der Waals surface area contributed by atoms with Crippen molar-refractivity contribution in [3.8, 4) is 11.5 Å². The van der Waals surface area contributed by atoms with Crippen LogP contribution < -0.4 is 14.8 Å². The standard InChI is InChI=1S/C28H31NO5/c1-33-24-16-14-21(15-17-24)18-19-29-28(32)23(9-3-2-4-13-27(30)31)20-34-26-12-7-10-22-8-5-6-11-25(22)26/h5-12,14-17H,2-4,13,18-20H2,1H3,(H,29,32)(H,30,31). The van der Waals surface area contributed by atoms with Crippen molar-refractivity contribution in [3.63, 3.8) is 0 Å². The Morgan fingerprint density at radius 1 is 0.971 bits per heavy atom. The maximum Gasteiger partial charge on any atom is 0.303 e. The van der Waals surface area contributed by atoms with Gasteiger partial charge >= 0.3 is 5.97 Å². The van der Waals surface area contributed by atoms with E-state index in [4.69, 9.17) is 14.6 Å². The summed E-state index contributed by atoms with van der Waals surface area (Å²) in [7, 11) is 1.63. The van der Waals surface area contributed by atoms with Gasteiger partial charge in [-0.25, -0.2) is 0 Å². The summed E-state index contributed by atoms with van der Waals surface area (Å²) in [4.78, 5) is 23.7. The highest BCUT2D eigenvalue weighted by Gasteiger charge is 2.11. The number of carbonyl (C=O) groups is 2. The maximum atomic E-state index is 12.9. The number of amides is 1. The van der Waals surface area contributed by atoms with Crippen LogP contribution in [-0.2, 0) is 16.0 Å². The molecule has 178 valence electrons. The third-order valence-electron chi connectivity index (χ3n) is 5.52. The van der Waals surface area contributed by atoms with E-state index in [1.54, 1.807) is 7.11 Å². The number of benzene rings is 3. The first-order chi connectivity index (χ1) is 16.6. The Kier molecular flexibility index (Phi) is 9.52. The minimum absolute atomic E-state index is 0.129. The Morgan fingerprint density at radius 2 is 1.74 bits per heavy atom. The Morgan fingerprint density at radius 3 is 2.50 bits per heavy atom. The molecule has 1 amide bonds. The number of unbranched alkanes of at least 4 members (excludes halogenated alkanes) is 2. The molecule has 0 fully saturated rings. The van der Waals surface area contributed by atoms with Crippen molar-refractivity contribution in [2.75, 3.05) is 20.3 Å². The molecule has 0 bridgehead atoms. The summed E-state index contributed by atoms with van der Waals surface area (Å²) < 4.78 is 11.2. The summed E-state index contributed by atoms with van der Waals surface area (Å²) in [6, 6.07) is 21.6. The molecule has 0 aliphatic heterocycles. The molecule has 0 aliphatic rings. The molecule has 0 aromatic heterocycles. The zero-order chi connectivity index (χ0) is 24.2. The van der Waals surface area contributed by atoms with Gasteiger partial charge in [0.1, 0.15) is 18.1 Å². The summed E-state index contributed by atoms with van der Waals surface area (Å²) in [5, 5.41) is 13.9. The van der Waals surface area contributed by atoms with Crippen molar-refractivity contribution < 1.29 is 24.2 Å². The third-order valence-corrected chi connectivity index (χ3v) is 5.52. The summed E-state index contributed by atoms with van der Waals surface area (Å²) in [5.41, 5.74) is 1.64. The molecule has 2 N–H and O–H groups in total. The Labute approximate surface area is 200 Å². The highest BCUT2D eigenvalue weighted by atomic mass is 16.5. The number of carboxylic acids is 1. The third kappa shape index (κ3) is 7.66. The Hall–Kier alpha value is -3.80. The van der Waals surface area contributed by atoms with E-state index in [2.05, 4.69) is 5.32 Å². The van der Waals surface area contributed by atoms with Crippen molar-refractivity contribution in [2.24, 2.45) is 0 Å². The van der Waals surface area contributed by atoms with Gasteiger partial charge in [-0.3, -0.25) is 9.59 Å². The lowest BCUT2D eigenvalue weighted by Crippen LogP contribution is -2.29. The van der Waals surface area contributed by atoms with Crippen LogP contribution in [0.15, 0.2) is 78.4 Å². The normalized spacial score (nSPS) is 11.3. The molecule has 0 heterocycles. The van der Waals surface area contributed by atoms with Crippen LogP contribution in [0.3, 0.4) is 0 Å². The number of carbonyl (C=O) groups excluding carboxylic acids is 1. The Balaban J connectivity index is 1.61. The van der Waals surface area contributed by atoms with Gasteiger partial charge in [0.2, 0.25) is 5.91 Å². The number of hydrogen-bond donors (Lipinski definition) is 2. The molecule has 3 aromatic rings. The lowest BCUT2D eigenvalue weighted by molar-refractivity contribution is -0.137. The molecular weight excluding hydrogens is 430 g/mol. The summed E-state index contributed by atoms with van der Waals surface area (Å²) >= 11 is 0. The number of methoxy groups -OCH3 is 1. The van der Waals surface area contributed by atoms with Crippen LogP contribution in [0.25, 0.3) is 10.8 Å². The predicted molar refractivity (Wildman–Crippen MR) is 133 cm³/mol. The predicted octanol–water partition coefficient (Wildman–Crippen LogP) is 5.16. The van der Waals surface area contributed by atoms with Crippen LogP contribution in [0.5, 0.6) is 11.5 Å². The average Bonchev–Trinajstić information content (AvgIpc) is 2.85. The van der Waals surface area contributed by atoms with Crippen molar-refractivity contribution in [1.29, 1.82) is 0 Å². The smallest absolute Gasteiger partial charge is 0.303 e. The summed E-state index contributed by atoms with van der Waals surface area (Å²) in [6.07, 6.45) is 4.57. The Bertz CT molecular complexity index is 1120. The second-order valence-corrected chi connectivity index (χ2v) is 7.99. The first-order valence-electron chi connectivity index (χ1n) is 11.5. The largest absolute Gasteiger partial charge is 0.497 e. The van der Waals surface area contributed by atoms with Gasteiger partial charge in [-0.15, -0.1) is 0 Å². The van der Waals surface area contributed by atoms with Crippen molar-refractivity contribution in [1.82, 2.24) is 5.32 Å². The molecule has 0 saturated heterocycles. The molecular formula is C28H31NO5. The molecule has 3 aromatic carbocycles. The van der Waals surface area contributed by atoms with Gasteiger partial charge in [0.25, 0.3) is 0 Å². The molecule has 34 heavy (non-hydrogen) atoms. The fourth-order valence-electron chi connectivity index (χ4n) is 3.62. The van der Waals surface area contributed by atoms with E-state index in [1.807, 2.05) is 72.8 Å². The van der Waals surface area contributed by atoms with E-state index >= 15 is 0 Å². The highest BCUT2D eigenvalue weighted by Crippen LogP contribution is 2.25. The number of rotatable bonds is 13. The van der Waals surface area contributed by atoms with Gasteiger partial charge < -0.3 is 19.9 Å². The molecule has 0 radical (unpaired) electrons. The van der Waals surface area contributed by atoms with E-state index in [0.29, 0.717) is 37.8 Å². The lowest BCUT2D eigenvalue weighted by Gasteiger charge is -2.13. The zero-order valence-corrected chi connectivity index (χ0v) is 19.5. The molecule has 6 heteroatoms. The van der Waals surface area contributed by atoms with Crippen LogP contribution in [0.4, 0.5) is 0 Å². The highest BCUT2D eigenvalue weighted by molar-refractivity contribution is 5.94. The van der Waals surface area contributed by atoms with Crippen molar-refractivity contribution >= 4 is 22.6 Å². The monoisotopic (exact) mass is 461 g/mol. The van der Waals surface area contributed by atoms with Crippen LogP contribution in [-0.4, -0.2) is 37.2 Å². The minimum Gasteiger partial charge on any atom is -0.497 e. The van der Waals surface area contributed by atoms with Gasteiger partial charge in [-0.2, -0.15) is 0 Å². The van der Waals surface area contributed by atoms with E-state index in [1.165, 1.54) is 0 Å². The quantitative estimate of drug-likeness (QED) is 0.271. The van der Waals surface area contributed by atoms with Crippen LogP contribution in [0.2, 0.25) is 0 Å². The van der Waals surface area contributed by atoms with Crippen LogP contribution >= 0.6 is 0 Å². The fourth-order valence-corrected chi connectivity index (χ4v) is 3.62. The molecule has 6 nitrogen and oxygen atoms in total.